The van der Waals surface area contributed by atoms with Gasteiger partial charge < -0.3 is 9.80 Å². The number of likely N-dealkylation sites (tertiary alicyclic amines) is 2. The van der Waals surface area contributed by atoms with Gasteiger partial charge in [0.05, 0.1) is 0 Å². The van der Waals surface area contributed by atoms with Crippen molar-refractivity contribution in [2.45, 2.75) is 94.9 Å². The van der Waals surface area contributed by atoms with Crippen LogP contribution in [0.2, 0.25) is 0 Å². The fourth-order valence-corrected chi connectivity index (χ4v) is 1.93. The quantitative estimate of drug-likeness (QED) is 0.499. The minimum absolute atomic E-state index is 0. The van der Waals surface area contributed by atoms with Crippen molar-refractivity contribution < 1.29 is 0 Å². The predicted octanol–water partition coefficient (Wildman–Crippen LogP) is 6.56. The number of piperidine rings is 1. The third kappa shape index (κ3) is 32.0. The van der Waals surface area contributed by atoms with Crippen LogP contribution in [0.1, 0.15) is 94.9 Å². The lowest BCUT2D eigenvalue weighted by Gasteiger charge is -2.20. The average Bonchev–Trinajstić information content (AvgIpc) is 3.07. The molecule has 2 rings (SSSR count). The van der Waals surface area contributed by atoms with Gasteiger partial charge in [-0.1, -0.05) is 69.2 Å². The van der Waals surface area contributed by atoms with Crippen LogP contribution in [0.15, 0.2) is 0 Å². The molecule has 0 saturated carbocycles. The van der Waals surface area contributed by atoms with Gasteiger partial charge in [0.15, 0.2) is 0 Å². The summed E-state index contributed by atoms with van der Waals surface area (Å²) in [5, 5.41) is 0. The van der Waals surface area contributed by atoms with E-state index in [4.69, 9.17) is 0 Å². The average molecular weight is 321 g/mol. The Morgan fingerprint density at radius 1 is 0.409 bits per heavy atom. The second-order valence-electron chi connectivity index (χ2n) is 4.37. The summed E-state index contributed by atoms with van der Waals surface area (Å²) in [7, 11) is 4.37. The highest BCUT2D eigenvalue weighted by molar-refractivity contribution is 4.59. The summed E-state index contributed by atoms with van der Waals surface area (Å²) >= 11 is 0. The summed E-state index contributed by atoms with van der Waals surface area (Å²) < 4.78 is 0. The second kappa shape index (κ2) is 37.3. The van der Waals surface area contributed by atoms with Crippen molar-refractivity contribution in [1.29, 1.82) is 0 Å². The Hall–Kier alpha value is -0.0800. The summed E-state index contributed by atoms with van der Waals surface area (Å²) in [6, 6.07) is 0. The molecule has 2 heteroatoms. The first-order chi connectivity index (χ1) is 10.3. The lowest BCUT2D eigenvalue weighted by Crippen LogP contribution is -2.24. The molecule has 142 valence electrons. The highest BCUT2D eigenvalue weighted by atomic mass is 15.1. The molecule has 0 bridgehead atoms. The fraction of sp³-hybridized carbons (Fsp3) is 1.00. The maximum absolute atomic E-state index is 2.39. The van der Waals surface area contributed by atoms with Gasteiger partial charge in [0.1, 0.15) is 0 Å². The number of hydrogen-bond donors (Lipinski definition) is 0. The normalized spacial score (nSPS) is 16.1. The molecule has 0 N–H and O–H groups in total. The Morgan fingerprint density at radius 2 is 0.591 bits per heavy atom. The first kappa shape index (κ1) is 33.5. The molecule has 0 spiro atoms. The molecule has 0 aromatic rings. The molecular weight excluding hydrogens is 268 g/mol. The van der Waals surface area contributed by atoms with Crippen molar-refractivity contribution in [3.8, 4) is 0 Å². The van der Waals surface area contributed by atoms with Crippen LogP contribution < -0.4 is 0 Å². The van der Waals surface area contributed by atoms with Crippen molar-refractivity contribution >= 4 is 0 Å². The Morgan fingerprint density at radius 3 is 0.682 bits per heavy atom. The van der Waals surface area contributed by atoms with Crippen LogP contribution in [0.25, 0.3) is 0 Å². The SMILES string of the molecule is C.CC.CC.CC.CC.CN1CCCC1.CN1CCCCC1. The minimum Gasteiger partial charge on any atom is -0.306 e. The van der Waals surface area contributed by atoms with Gasteiger partial charge in [0, 0.05) is 0 Å². The molecule has 2 aliphatic rings. The molecule has 2 fully saturated rings. The summed E-state index contributed by atoms with van der Waals surface area (Å²) in [6.45, 7) is 21.3. The molecule has 0 radical (unpaired) electrons. The molecule has 2 nitrogen and oxygen atoms in total. The summed E-state index contributed by atoms with van der Waals surface area (Å²) in [4.78, 5) is 4.75. The number of hydrogen-bond acceptors (Lipinski definition) is 2. The fourth-order valence-electron chi connectivity index (χ4n) is 1.93. The third-order valence-electron chi connectivity index (χ3n) is 2.91. The zero-order valence-corrected chi connectivity index (χ0v) is 17.3. The molecule has 0 unspecified atom stereocenters. The van der Waals surface area contributed by atoms with Gasteiger partial charge in [-0.15, -0.1) is 0 Å². The summed E-state index contributed by atoms with van der Waals surface area (Å²) in [6.07, 6.45) is 7.10. The maximum Gasteiger partial charge on any atom is -0.00213 e. The smallest absolute Gasteiger partial charge is 0.00213 e. The lowest BCUT2D eigenvalue weighted by molar-refractivity contribution is 0.277. The zero-order valence-electron chi connectivity index (χ0n) is 17.3. The van der Waals surface area contributed by atoms with E-state index >= 15 is 0 Å². The Labute approximate surface area is 145 Å². The Kier molecular flexibility index (Phi) is 56.8. The van der Waals surface area contributed by atoms with Gasteiger partial charge in [-0.25, -0.2) is 0 Å². The molecule has 0 aromatic heterocycles. The molecule has 2 aliphatic heterocycles. The van der Waals surface area contributed by atoms with E-state index in [0.29, 0.717) is 0 Å². The van der Waals surface area contributed by atoms with E-state index in [0.717, 1.165) is 0 Å². The van der Waals surface area contributed by atoms with Gasteiger partial charge in [-0.3, -0.25) is 0 Å². The van der Waals surface area contributed by atoms with Gasteiger partial charge in [-0.2, -0.15) is 0 Å². The van der Waals surface area contributed by atoms with Crippen LogP contribution in [0.5, 0.6) is 0 Å². The van der Waals surface area contributed by atoms with Crippen LogP contribution in [-0.4, -0.2) is 50.1 Å². The monoisotopic (exact) mass is 320 g/mol. The first-order valence-electron chi connectivity index (χ1n) is 9.66. The Balaban J connectivity index is -0.0000000590. The number of rotatable bonds is 0. The van der Waals surface area contributed by atoms with Gasteiger partial charge >= 0.3 is 0 Å². The second-order valence-corrected chi connectivity index (χ2v) is 4.37. The van der Waals surface area contributed by atoms with Crippen molar-refractivity contribution in [3.63, 3.8) is 0 Å². The van der Waals surface area contributed by atoms with E-state index in [1.54, 1.807) is 0 Å². The molecular formula is C20H52N2. The van der Waals surface area contributed by atoms with Crippen LogP contribution in [0, 0.1) is 0 Å². The topological polar surface area (TPSA) is 6.48 Å². The van der Waals surface area contributed by atoms with Crippen LogP contribution in [0.4, 0.5) is 0 Å². The van der Waals surface area contributed by atoms with Crippen LogP contribution >= 0.6 is 0 Å². The van der Waals surface area contributed by atoms with Crippen molar-refractivity contribution in [2.75, 3.05) is 40.3 Å². The highest BCUT2D eigenvalue weighted by Crippen LogP contribution is 2.04. The first-order valence-corrected chi connectivity index (χ1v) is 9.66. The molecule has 0 aliphatic carbocycles. The van der Waals surface area contributed by atoms with Crippen molar-refractivity contribution in [3.05, 3.63) is 0 Å². The maximum atomic E-state index is 2.39. The van der Waals surface area contributed by atoms with Crippen LogP contribution in [0.3, 0.4) is 0 Å². The van der Waals surface area contributed by atoms with E-state index in [-0.39, 0.29) is 7.43 Å². The molecule has 22 heavy (non-hydrogen) atoms. The molecule has 0 atom stereocenters. The van der Waals surface area contributed by atoms with E-state index < -0.39 is 0 Å². The van der Waals surface area contributed by atoms with Gasteiger partial charge in [-0.05, 0) is 66.0 Å². The standard InChI is InChI=1S/C6H13N.C5H11N.4C2H6.CH4/c1-7-5-3-2-4-6-7;1-6-4-2-3-5-6;4*1-2;/h2-6H2,1H3;2-5H2,1H3;4*1-2H3;1H4. The van der Waals surface area contributed by atoms with Gasteiger partial charge in [0.2, 0.25) is 0 Å². The highest BCUT2D eigenvalue weighted by Gasteiger charge is 2.03. The molecule has 0 amide bonds. The summed E-state index contributed by atoms with van der Waals surface area (Å²) in [5.41, 5.74) is 0. The molecule has 2 heterocycles. The van der Waals surface area contributed by atoms with Crippen LogP contribution in [-0.2, 0) is 0 Å². The van der Waals surface area contributed by atoms with E-state index in [1.165, 1.54) is 58.3 Å². The molecule has 0 aromatic carbocycles. The van der Waals surface area contributed by atoms with Gasteiger partial charge in [0.25, 0.3) is 0 Å². The van der Waals surface area contributed by atoms with Crippen molar-refractivity contribution in [1.82, 2.24) is 9.80 Å². The summed E-state index contributed by atoms with van der Waals surface area (Å²) in [5.74, 6) is 0. The van der Waals surface area contributed by atoms with E-state index in [9.17, 15) is 0 Å². The number of nitrogens with zero attached hydrogens (tertiary/aromatic N) is 2. The zero-order chi connectivity index (χ0) is 17.5. The van der Waals surface area contributed by atoms with E-state index in [2.05, 4.69) is 23.9 Å². The lowest BCUT2D eigenvalue weighted by atomic mass is 10.1. The van der Waals surface area contributed by atoms with E-state index in [1.807, 2.05) is 55.4 Å². The minimum atomic E-state index is 0. The predicted molar refractivity (Wildman–Crippen MR) is 110 cm³/mol. The molecule has 2 saturated heterocycles. The Bertz CT molecular complexity index is 115. The largest absolute Gasteiger partial charge is 0.306 e. The third-order valence-corrected chi connectivity index (χ3v) is 2.91. The van der Waals surface area contributed by atoms with Crippen molar-refractivity contribution in [2.24, 2.45) is 0 Å².